The van der Waals surface area contributed by atoms with Crippen molar-refractivity contribution in [2.75, 3.05) is 41.0 Å². The van der Waals surface area contributed by atoms with E-state index in [0.717, 1.165) is 57.8 Å². The molecule has 0 aliphatic rings. The van der Waals surface area contributed by atoms with E-state index in [1.54, 1.807) is 21.1 Å². The van der Waals surface area contributed by atoms with Gasteiger partial charge >= 0.3 is 11.9 Å². The van der Waals surface area contributed by atoms with Crippen LogP contribution in [0.1, 0.15) is 232 Å². The zero-order valence-corrected chi connectivity index (χ0v) is 39.4. The van der Waals surface area contributed by atoms with E-state index in [1.165, 1.54) is 141 Å². The van der Waals surface area contributed by atoms with Crippen LogP contribution in [-0.2, 0) is 28.6 Å². The van der Waals surface area contributed by atoms with Gasteiger partial charge in [-0.1, -0.05) is 199 Å². The second-order valence-electron chi connectivity index (χ2n) is 18.0. The summed E-state index contributed by atoms with van der Waals surface area (Å²) in [6, 6.07) is -0.724. The molecule has 0 aliphatic carbocycles. The molecule has 2 atom stereocenters. The number of unbranched alkanes of at least 4 members (excludes halogenated alkanes) is 27. The molecule has 0 spiro atoms. The average Bonchev–Trinajstić information content (AvgIpc) is 3.19. The standard InChI is InChI=1S/C51H95NO7/c1-6-8-10-12-14-16-18-20-22-23-24-25-26-27-28-30-31-33-35-37-39-41-49(53)58-46-47(45-57-44-43-48(51(55)56)52(3,4)5)59-50(54)42-40-38-36-34-32-29-21-19-17-15-13-11-9-7-2/h9,11,15,17,47-48H,6-8,10,12-14,16,18-46H2,1-5H3/b11-9+,17-15+. The second-order valence-corrected chi connectivity index (χ2v) is 18.0. The van der Waals surface area contributed by atoms with Crippen LogP contribution < -0.4 is 5.11 Å². The lowest BCUT2D eigenvalue weighted by Crippen LogP contribution is -2.55. The van der Waals surface area contributed by atoms with Gasteiger partial charge in [0.15, 0.2) is 6.10 Å². The summed E-state index contributed by atoms with van der Waals surface area (Å²) >= 11 is 0. The Morgan fingerprint density at radius 2 is 0.949 bits per heavy atom. The Morgan fingerprint density at radius 1 is 0.525 bits per heavy atom. The van der Waals surface area contributed by atoms with Crippen LogP contribution in [0.2, 0.25) is 0 Å². The number of hydrogen-bond donors (Lipinski definition) is 0. The molecule has 0 fully saturated rings. The number of ether oxygens (including phenoxy) is 3. The molecule has 0 aromatic rings. The van der Waals surface area contributed by atoms with Crippen molar-refractivity contribution in [3.8, 4) is 0 Å². The maximum atomic E-state index is 12.7. The number of carbonyl (C=O) groups excluding carboxylic acids is 3. The number of likely N-dealkylation sites (N-methyl/N-ethyl adjacent to an activating group) is 1. The molecule has 59 heavy (non-hydrogen) atoms. The molecule has 0 N–H and O–H groups in total. The minimum absolute atomic E-state index is 0.0416. The molecule has 8 heteroatoms. The maximum Gasteiger partial charge on any atom is 0.306 e. The summed E-state index contributed by atoms with van der Waals surface area (Å²) < 4.78 is 17.2. The van der Waals surface area contributed by atoms with Gasteiger partial charge in [-0.3, -0.25) is 9.59 Å². The van der Waals surface area contributed by atoms with E-state index in [1.807, 2.05) is 0 Å². The Morgan fingerprint density at radius 3 is 1.39 bits per heavy atom. The monoisotopic (exact) mass is 834 g/mol. The molecular formula is C51H95NO7. The number of allylic oxidation sites excluding steroid dienone is 4. The molecule has 0 aliphatic heterocycles. The topological polar surface area (TPSA) is 102 Å². The van der Waals surface area contributed by atoms with E-state index in [2.05, 4.69) is 38.2 Å². The first-order valence-corrected chi connectivity index (χ1v) is 24.9. The Bertz CT molecular complexity index is 1020. The lowest BCUT2D eigenvalue weighted by Gasteiger charge is -2.34. The highest BCUT2D eigenvalue weighted by Gasteiger charge is 2.25. The van der Waals surface area contributed by atoms with Crippen LogP contribution in [0.25, 0.3) is 0 Å². The van der Waals surface area contributed by atoms with Crippen molar-refractivity contribution in [1.82, 2.24) is 0 Å². The average molecular weight is 834 g/mol. The van der Waals surface area contributed by atoms with Crippen molar-refractivity contribution in [2.45, 2.75) is 244 Å². The van der Waals surface area contributed by atoms with Gasteiger partial charge in [0.1, 0.15) is 12.6 Å². The number of carbonyl (C=O) groups is 3. The predicted molar refractivity (Wildman–Crippen MR) is 245 cm³/mol. The van der Waals surface area contributed by atoms with E-state index < -0.39 is 18.1 Å². The van der Waals surface area contributed by atoms with Crippen molar-refractivity contribution in [1.29, 1.82) is 0 Å². The summed E-state index contributed by atoms with van der Waals surface area (Å²) in [4.78, 5) is 36.9. The van der Waals surface area contributed by atoms with Crippen molar-refractivity contribution in [3.63, 3.8) is 0 Å². The highest BCUT2D eigenvalue weighted by Crippen LogP contribution is 2.16. The van der Waals surface area contributed by atoms with E-state index in [-0.39, 0.29) is 42.7 Å². The summed E-state index contributed by atoms with van der Waals surface area (Å²) in [6.07, 6.45) is 47.8. The lowest BCUT2D eigenvalue weighted by molar-refractivity contribution is -0.889. The first-order valence-electron chi connectivity index (χ1n) is 24.9. The largest absolute Gasteiger partial charge is 0.544 e. The summed E-state index contributed by atoms with van der Waals surface area (Å²) in [6.45, 7) is 4.58. The number of esters is 2. The molecule has 0 amide bonds. The maximum absolute atomic E-state index is 12.7. The summed E-state index contributed by atoms with van der Waals surface area (Å²) in [5.74, 6) is -1.73. The quantitative estimate of drug-likeness (QED) is 0.0260. The molecule has 2 unspecified atom stereocenters. The minimum atomic E-state index is -1.12. The molecule has 0 radical (unpaired) electrons. The van der Waals surface area contributed by atoms with E-state index in [0.29, 0.717) is 12.8 Å². The third kappa shape index (κ3) is 41.0. The van der Waals surface area contributed by atoms with Gasteiger partial charge in [0.2, 0.25) is 0 Å². The summed E-state index contributed by atoms with van der Waals surface area (Å²) in [5, 5.41) is 11.6. The van der Waals surface area contributed by atoms with Gasteiger partial charge in [-0.05, 0) is 38.5 Å². The van der Waals surface area contributed by atoms with Crippen LogP contribution >= 0.6 is 0 Å². The van der Waals surface area contributed by atoms with Gasteiger partial charge in [-0.15, -0.1) is 0 Å². The van der Waals surface area contributed by atoms with Crippen molar-refractivity contribution in [2.24, 2.45) is 0 Å². The normalized spacial score (nSPS) is 13.0. The van der Waals surface area contributed by atoms with Crippen molar-refractivity contribution in [3.05, 3.63) is 24.3 Å². The first-order chi connectivity index (χ1) is 28.6. The smallest absolute Gasteiger partial charge is 0.306 e. The van der Waals surface area contributed by atoms with Crippen molar-refractivity contribution < 1.29 is 38.2 Å². The fraction of sp³-hybridized carbons (Fsp3) is 0.863. The lowest BCUT2D eigenvalue weighted by atomic mass is 10.0. The van der Waals surface area contributed by atoms with Crippen LogP contribution in [0.4, 0.5) is 0 Å². The first kappa shape index (κ1) is 56.8. The Hall–Kier alpha value is -2.19. The predicted octanol–water partition coefficient (Wildman–Crippen LogP) is 12.7. The molecule has 0 bridgehead atoms. The van der Waals surface area contributed by atoms with E-state index in [4.69, 9.17) is 14.2 Å². The second kappa shape index (κ2) is 42.5. The molecule has 0 saturated carbocycles. The molecule has 0 saturated heterocycles. The zero-order chi connectivity index (χ0) is 43.5. The third-order valence-electron chi connectivity index (χ3n) is 11.4. The van der Waals surface area contributed by atoms with Crippen LogP contribution in [0, 0.1) is 0 Å². The minimum Gasteiger partial charge on any atom is -0.544 e. The molecule has 0 heterocycles. The van der Waals surface area contributed by atoms with Crippen LogP contribution in [0.3, 0.4) is 0 Å². The third-order valence-corrected chi connectivity index (χ3v) is 11.4. The van der Waals surface area contributed by atoms with E-state index >= 15 is 0 Å². The van der Waals surface area contributed by atoms with Gasteiger partial charge in [0, 0.05) is 19.3 Å². The van der Waals surface area contributed by atoms with Crippen molar-refractivity contribution >= 4 is 17.9 Å². The number of nitrogens with zero attached hydrogens (tertiary/aromatic N) is 1. The Labute approximate surface area is 364 Å². The van der Waals surface area contributed by atoms with Gasteiger partial charge in [-0.2, -0.15) is 0 Å². The van der Waals surface area contributed by atoms with Gasteiger partial charge in [0.05, 0.1) is 40.3 Å². The number of aliphatic carboxylic acids is 1. The number of carboxylic acid groups (broad SMARTS) is 1. The van der Waals surface area contributed by atoms with Crippen LogP contribution in [0.5, 0.6) is 0 Å². The molecule has 8 nitrogen and oxygen atoms in total. The number of hydrogen-bond acceptors (Lipinski definition) is 7. The number of carboxylic acids is 1. The highest BCUT2D eigenvalue weighted by molar-refractivity contribution is 5.70. The fourth-order valence-electron chi connectivity index (χ4n) is 7.52. The zero-order valence-electron chi connectivity index (χ0n) is 39.4. The SMILES string of the molecule is CC/C=C/C/C=C/CCCCCCCCCC(=O)OC(COCCC(C(=O)[O-])[N+](C)(C)C)COC(=O)CCCCCCCCCCCCCCCCCCCCCCC. The van der Waals surface area contributed by atoms with Gasteiger partial charge in [-0.25, -0.2) is 0 Å². The number of quaternary nitrogens is 1. The fourth-order valence-corrected chi connectivity index (χ4v) is 7.52. The van der Waals surface area contributed by atoms with E-state index in [9.17, 15) is 19.5 Å². The Kier molecular flexibility index (Phi) is 40.9. The van der Waals surface area contributed by atoms with Gasteiger partial charge < -0.3 is 28.6 Å². The summed E-state index contributed by atoms with van der Waals surface area (Å²) in [7, 11) is 5.42. The summed E-state index contributed by atoms with van der Waals surface area (Å²) in [5.41, 5.74) is 0. The molecule has 0 aromatic carbocycles. The molecule has 0 rings (SSSR count). The highest BCUT2D eigenvalue weighted by atomic mass is 16.6. The van der Waals surface area contributed by atoms with Crippen LogP contribution in [0.15, 0.2) is 24.3 Å². The molecule has 346 valence electrons. The Balaban J connectivity index is 4.19. The molecular weight excluding hydrogens is 739 g/mol. The van der Waals surface area contributed by atoms with Crippen LogP contribution in [-0.4, -0.2) is 75.5 Å². The molecule has 0 aromatic heterocycles. The van der Waals surface area contributed by atoms with Gasteiger partial charge in [0.25, 0.3) is 0 Å². The number of rotatable bonds is 45.